The molecule has 2 saturated heterocycles. The van der Waals surface area contributed by atoms with Crippen LogP contribution in [-0.4, -0.2) is 54.6 Å². The number of aryl methyl sites for hydroxylation is 1. The first kappa shape index (κ1) is 14.6. The zero-order chi connectivity index (χ0) is 14.8. The zero-order valence-electron chi connectivity index (χ0n) is 12.9. The normalized spacial score (nSPS) is 26.4. The summed E-state index contributed by atoms with van der Waals surface area (Å²) >= 11 is 0. The summed E-state index contributed by atoms with van der Waals surface area (Å²) in [5.41, 5.74) is 0. The van der Waals surface area contributed by atoms with Crippen molar-refractivity contribution in [2.45, 2.75) is 44.8 Å². The molecule has 2 aliphatic heterocycles. The number of piperidine rings is 1. The van der Waals surface area contributed by atoms with Crippen LogP contribution in [-0.2, 0) is 16.1 Å². The molecule has 2 fully saturated rings. The smallest absolute Gasteiger partial charge is 0.223 e. The summed E-state index contributed by atoms with van der Waals surface area (Å²) in [5.74, 6) is 2.26. The van der Waals surface area contributed by atoms with Gasteiger partial charge in [0, 0.05) is 38.7 Å². The van der Waals surface area contributed by atoms with Crippen molar-refractivity contribution in [1.82, 2.24) is 9.80 Å². The quantitative estimate of drug-likeness (QED) is 0.830. The fraction of sp³-hybridized carbons (Fsp3) is 0.688. The lowest BCUT2D eigenvalue weighted by molar-refractivity contribution is -0.138. The van der Waals surface area contributed by atoms with E-state index in [0.29, 0.717) is 31.7 Å². The Labute approximate surface area is 125 Å². The molecule has 0 spiro atoms. The molecular weight excluding hydrogens is 268 g/mol. The molecule has 5 heteroatoms. The molecule has 21 heavy (non-hydrogen) atoms. The van der Waals surface area contributed by atoms with Crippen LogP contribution < -0.4 is 0 Å². The van der Waals surface area contributed by atoms with Gasteiger partial charge >= 0.3 is 0 Å². The number of fused-ring (bicyclic) bond motifs is 1. The van der Waals surface area contributed by atoms with Crippen LogP contribution in [0, 0.1) is 6.92 Å². The minimum absolute atomic E-state index is 0.281. The third-order valence-electron chi connectivity index (χ3n) is 4.69. The molecule has 1 amide bonds. The van der Waals surface area contributed by atoms with Crippen LogP contribution in [0.4, 0.5) is 0 Å². The van der Waals surface area contributed by atoms with Crippen molar-refractivity contribution in [3.8, 4) is 0 Å². The van der Waals surface area contributed by atoms with E-state index in [1.807, 2.05) is 17.9 Å². The number of ether oxygens (including phenoxy) is 1. The minimum Gasteiger partial charge on any atom is -0.465 e. The summed E-state index contributed by atoms with van der Waals surface area (Å²) in [5, 5.41) is 0. The van der Waals surface area contributed by atoms with Gasteiger partial charge in [0.1, 0.15) is 11.5 Å². The van der Waals surface area contributed by atoms with Crippen molar-refractivity contribution >= 4 is 5.91 Å². The number of hydrogen-bond donors (Lipinski definition) is 0. The summed E-state index contributed by atoms with van der Waals surface area (Å²) in [4.78, 5) is 16.6. The Balaban J connectivity index is 1.67. The van der Waals surface area contributed by atoms with Gasteiger partial charge in [0.15, 0.2) is 0 Å². The molecule has 0 bridgehead atoms. The zero-order valence-corrected chi connectivity index (χ0v) is 12.9. The van der Waals surface area contributed by atoms with Crippen molar-refractivity contribution in [2.75, 3.05) is 26.8 Å². The molecule has 0 aliphatic carbocycles. The Morgan fingerprint density at radius 1 is 1.33 bits per heavy atom. The van der Waals surface area contributed by atoms with E-state index in [1.165, 1.54) is 0 Å². The third-order valence-corrected chi connectivity index (χ3v) is 4.69. The monoisotopic (exact) mass is 292 g/mol. The number of carbonyl (C=O) groups is 1. The molecule has 2 atom stereocenters. The van der Waals surface area contributed by atoms with Gasteiger partial charge in [0.2, 0.25) is 5.91 Å². The topological polar surface area (TPSA) is 45.9 Å². The molecule has 1 aromatic heterocycles. The van der Waals surface area contributed by atoms with Gasteiger partial charge in [-0.1, -0.05) is 0 Å². The first-order chi connectivity index (χ1) is 10.2. The summed E-state index contributed by atoms with van der Waals surface area (Å²) in [6.45, 7) is 5.19. The van der Waals surface area contributed by atoms with Crippen molar-refractivity contribution in [3.05, 3.63) is 23.7 Å². The minimum atomic E-state index is 0.281. The van der Waals surface area contributed by atoms with Gasteiger partial charge in [-0.2, -0.15) is 0 Å². The summed E-state index contributed by atoms with van der Waals surface area (Å²) in [6, 6.07) is 4.87. The second kappa shape index (κ2) is 6.20. The Morgan fingerprint density at radius 3 is 2.90 bits per heavy atom. The summed E-state index contributed by atoms with van der Waals surface area (Å²) in [6.07, 6.45) is 2.67. The molecule has 2 aliphatic rings. The Bertz CT molecular complexity index is 499. The van der Waals surface area contributed by atoms with Gasteiger partial charge < -0.3 is 14.1 Å². The van der Waals surface area contributed by atoms with E-state index in [-0.39, 0.29) is 5.91 Å². The van der Waals surface area contributed by atoms with Crippen molar-refractivity contribution < 1.29 is 13.9 Å². The van der Waals surface area contributed by atoms with Crippen molar-refractivity contribution in [3.63, 3.8) is 0 Å². The maximum atomic E-state index is 12.1. The van der Waals surface area contributed by atoms with Gasteiger partial charge in [-0.25, -0.2) is 0 Å². The van der Waals surface area contributed by atoms with Crippen molar-refractivity contribution in [1.29, 1.82) is 0 Å². The van der Waals surface area contributed by atoms with E-state index >= 15 is 0 Å². The van der Waals surface area contributed by atoms with Gasteiger partial charge in [-0.05, 0) is 31.9 Å². The number of likely N-dealkylation sites (tertiary alicyclic amines) is 2. The van der Waals surface area contributed by atoms with E-state index in [9.17, 15) is 4.79 Å². The number of carbonyl (C=O) groups excluding carboxylic acids is 1. The fourth-order valence-corrected chi connectivity index (χ4v) is 3.68. The van der Waals surface area contributed by atoms with E-state index in [0.717, 1.165) is 37.5 Å². The molecule has 0 N–H and O–H groups in total. The molecule has 3 rings (SSSR count). The fourth-order valence-electron chi connectivity index (χ4n) is 3.68. The molecule has 1 aromatic rings. The molecule has 0 aromatic carbocycles. The molecule has 5 nitrogen and oxygen atoms in total. The number of methoxy groups -OCH3 is 1. The van der Waals surface area contributed by atoms with Gasteiger partial charge in [0.05, 0.1) is 13.2 Å². The second-order valence-corrected chi connectivity index (χ2v) is 6.02. The first-order valence-electron chi connectivity index (χ1n) is 7.77. The highest BCUT2D eigenvalue weighted by Gasteiger charge is 2.42. The molecular formula is C16H24N2O3. The largest absolute Gasteiger partial charge is 0.465 e. The van der Waals surface area contributed by atoms with Crippen LogP contribution in [0.25, 0.3) is 0 Å². The van der Waals surface area contributed by atoms with Crippen LogP contribution in [0.3, 0.4) is 0 Å². The number of nitrogens with zero attached hydrogens (tertiary/aromatic N) is 2. The average molecular weight is 292 g/mol. The van der Waals surface area contributed by atoms with Gasteiger partial charge in [0.25, 0.3) is 0 Å². The average Bonchev–Trinajstić information content (AvgIpc) is 3.05. The van der Waals surface area contributed by atoms with E-state index in [1.54, 1.807) is 7.11 Å². The summed E-state index contributed by atoms with van der Waals surface area (Å²) < 4.78 is 10.8. The Kier molecular flexibility index (Phi) is 4.31. The molecule has 0 saturated carbocycles. The van der Waals surface area contributed by atoms with E-state index < -0.39 is 0 Å². The van der Waals surface area contributed by atoms with E-state index in [2.05, 4.69) is 11.0 Å². The predicted octanol–water partition coefficient (Wildman–Crippen LogP) is 1.80. The molecule has 116 valence electrons. The van der Waals surface area contributed by atoms with E-state index in [4.69, 9.17) is 9.15 Å². The highest BCUT2D eigenvalue weighted by Crippen LogP contribution is 2.32. The lowest BCUT2D eigenvalue weighted by Gasteiger charge is -2.39. The number of rotatable bonds is 5. The lowest BCUT2D eigenvalue weighted by atomic mass is 9.96. The molecule has 0 unspecified atom stereocenters. The predicted molar refractivity (Wildman–Crippen MR) is 78.9 cm³/mol. The second-order valence-electron chi connectivity index (χ2n) is 6.02. The van der Waals surface area contributed by atoms with Crippen LogP contribution in [0.5, 0.6) is 0 Å². The van der Waals surface area contributed by atoms with Crippen LogP contribution >= 0.6 is 0 Å². The summed E-state index contributed by atoms with van der Waals surface area (Å²) in [7, 11) is 1.69. The standard InChI is InChI=1S/C16H24N2O3/c1-12-3-4-13(21-12)11-17-8-7-15-14(17)5-6-16(19)18(15)9-10-20-2/h3-4,14-15H,5-11H2,1-2H3/t14-,15-/m1/s1. The lowest BCUT2D eigenvalue weighted by Crippen LogP contribution is -2.52. The van der Waals surface area contributed by atoms with Gasteiger partial charge in [-0.3, -0.25) is 9.69 Å². The highest BCUT2D eigenvalue weighted by atomic mass is 16.5. The van der Waals surface area contributed by atoms with Gasteiger partial charge in [-0.15, -0.1) is 0 Å². The highest BCUT2D eigenvalue weighted by molar-refractivity contribution is 5.77. The number of hydrogen-bond acceptors (Lipinski definition) is 4. The maximum Gasteiger partial charge on any atom is 0.223 e. The van der Waals surface area contributed by atoms with Crippen molar-refractivity contribution in [2.24, 2.45) is 0 Å². The molecule has 0 radical (unpaired) electrons. The van der Waals surface area contributed by atoms with Crippen LogP contribution in [0.1, 0.15) is 30.8 Å². The Hall–Kier alpha value is -1.33. The number of amides is 1. The maximum absolute atomic E-state index is 12.1. The van der Waals surface area contributed by atoms with Crippen LogP contribution in [0.15, 0.2) is 16.5 Å². The first-order valence-corrected chi connectivity index (χ1v) is 7.77. The van der Waals surface area contributed by atoms with Crippen LogP contribution in [0.2, 0.25) is 0 Å². The SMILES string of the molecule is COCCN1C(=O)CC[C@@H]2[C@H]1CCN2Cc1ccc(C)o1. The Morgan fingerprint density at radius 2 is 2.19 bits per heavy atom. The molecule has 3 heterocycles. The number of furan rings is 1. The third kappa shape index (κ3) is 2.99.